The smallest absolute Gasteiger partial charge is 0.200 e. The van der Waals surface area contributed by atoms with Crippen molar-refractivity contribution in [1.29, 1.82) is 0 Å². The van der Waals surface area contributed by atoms with Crippen molar-refractivity contribution < 1.29 is 4.74 Å². The van der Waals surface area contributed by atoms with Crippen molar-refractivity contribution in [3.05, 3.63) is 24.3 Å². The molecule has 1 N–H and O–H groups in total. The number of benzene rings is 1. The minimum atomic E-state index is 0.0526. The van der Waals surface area contributed by atoms with Gasteiger partial charge in [0.15, 0.2) is 5.96 Å². The Morgan fingerprint density at radius 1 is 1.17 bits per heavy atom. The lowest BCUT2D eigenvalue weighted by atomic mass is 10.1. The number of aliphatic imine (C=N–C) groups is 1. The number of guanidine groups is 1. The average Bonchev–Trinajstić information content (AvgIpc) is 2.84. The second-order valence-electron chi connectivity index (χ2n) is 7.25. The highest BCUT2D eigenvalue weighted by Gasteiger charge is 2.34. The fourth-order valence-electron chi connectivity index (χ4n) is 3.18. The highest BCUT2D eigenvalue weighted by Crippen LogP contribution is 2.30. The molecule has 2 fully saturated rings. The summed E-state index contributed by atoms with van der Waals surface area (Å²) in [5, 5.41) is 3.57. The predicted octanol–water partition coefficient (Wildman–Crippen LogP) is 2.60. The summed E-state index contributed by atoms with van der Waals surface area (Å²) in [7, 11) is 0. The van der Waals surface area contributed by atoms with E-state index >= 15 is 0 Å². The van der Waals surface area contributed by atoms with Gasteiger partial charge in [0.25, 0.3) is 0 Å². The van der Waals surface area contributed by atoms with Gasteiger partial charge in [-0.1, -0.05) is 12.1 Å². The Morgan fingerprint density at radius 2 is 1.87 bits per heavy atom. The van der Waals surface area contributed by atoms with Crippen LogP contribution in [0.5, 0.6) is 0 Å². The first-order chi connectivity index (χ1) is 11.0. The van der Waals surface area contributed by atoms with Gasteiger partial charge in [0.2, 0.25) is 0 Å². The second-order valence-corrected chi connectivity index (χ2v) is 7.25. The lowest BCUT2D eigenvalue weighted by Gasteiger charge is -2.30. The van der Waals surface area contributed by atoms with Crippen LogP contribution < -0.4 is 10.2 Å². The molecule has 0 atom stereocenters. The van der Waals surface area contributed by atoms with Gasteiger partial charge in [-0.05, 0) is 39.8 Å². The first-order valence-corrected chi connectivity index (χ1v) is 8.51. The second kappa shape index (κ2) is 6.40. The molecular weight excluding hydrogens is 288 g/mol. The summed E-state index contributed by atoms with van der Waals surface area (Å²) in [6.45, 7) is 13.3. The van der Waals surface area contributed by atoms with Crippen molar-refractivity contribution in [1.82, 2.24) is 10.2 Å². The summed E-state index contributed by atoms with van der Waals surface area (Å²) < 4.78 is 5.47. The first-order valence-electron chi connectivity index (χ1n) is 8.51. The number of nitrogens with zero attached hydrogens (tertiary/aromatic N) is 3. The van der Waals surface area contributed by atoms with E-state index in [2.05, 4.69) is 67.1 Å². The van der Waals surface area contributed by atoms with Crippen LogP contribution in [0.2, 0.25) is 0 Å². The lowest BCUT2D eigenvalue weighted by molar-refractivity contribution is 0.123. The molecule has 0 bridgehead atoms. The number of rotatable bonds is 3. The topological polar surface area (TPSA) is 40.1 Å². The van der Waals surface area contributed by atoms with Crippen LogP contribution in [0.1, 0.15) is 27.7 Å². The zero-order valence-electron chi connectivity index (χ0n) is 14.7. The van der Waals surface area contributed by atoms with Crippen LogP contribution in [0.15, 0.2) is 29.3 Å². The maximum Gasteiger partial charge on any atom is 0.200 e. The molecule has 0 unspecified atom stereocenters. The molecule has 2 aliphatic heterocycles. The fraction of sp³-hybridized carbons (Fsp3) is 0.611. The molecule has 2 heterocycles. The van der Waals surface area contributed by atoms with Gasteiger partial charge in [-0.2, -0.15) is 0 Å². The molecule has 2 aliphatic rings. The highest BCUT2D eigenvalue weighted by molar-refractivity contribution is 5.88. The molecule has 1 aromatic carbocycles. The van der Waals surface area contributed by atoms with Crippen LogP contribution in [0, 0.1) is 0 Å². The maximum absolute atomic E-state index is 5.47. The van der Waals surface area contributed by atoms with Crippen molar-refractivity contribution in [3.63, 3.8) is 0 Å². The van der Waals surface area contributed by atoms with Crippen molar-refractivity contribution in [2.24, 2.45) is 4.99 Å². The molecule has 23 heavy (non-hydrogen) atoms. The third-order valence-electron chi connectivity index (χ3n) is 4.37. The zero-order valence-corrected chi connectivity index (χ0v) is 14.7. The van der Waals surface area contributed by atoms with E-state index in [-0.39, 0.29) is 5.54 Å². The molecule has 1 aromatic rings. The van der Waals surface area contributed by atoms with Gasteiger partial charge in [0.1, 0.15) is 0 Å². The monoisotopic (exact) mass is 316 g/mol. The van der Waals surface area contributed by atoms with Gasteiger partial charge >= 0.3 is 0 Å². The van der Waals surface area contributed by atoms with Crippen molar-refractivity contribution >= 4 is 17.3 Å². The van der Waals surface area contributed by atoms with Crippen molar-refractivity contribution in [3.8, 4) is 0 Å². The number of hydrogen-bond acceptors (Lipinski definition) is 3. The number of hydrogen-bond donors (Lipinski definition) is 1. The Balaban J connectivity index is 1.92. The molecule has 0 saturated carbocycles. The summed E-state index contributed by atoms with van der Waals surface area (Å²) in [6.07, 6.45) is 0. The Hall–Kier alpha value is -1.75. The molecule has 5 nitrogen and oxygen atoms in total. The first kappa shape index (κ1) is 16.1. The Morgan fingerprint density at radius 3 is 2.57 bits per heavy atom. The standard InChI is InChI=1S/C18H28N4O/c1-14(2)22-13-18(3,4)20-17(22)19-15-7-5-6-8-16(15)21-9-11-23-12-10-21/h5-8,14H,9-13H2,1-4H3,(H,19,20). The summed E-state index contributed by atoms with van der Waals surface area (Å²) in [6, 6.07) is 8.83. The van der Waals surface area contributed by atoms with Crippen LogP contribution in [0.25, 0.3) is 0 Å². The van der Waals surface area contributed by atoms with Gasteiger partial charge in [0, 0.05) is 25.7 Å². The van der Waals surface area contributed by atoms with E-state index in [9.17, 15) is 0 Å². The largest absolute Gasteiger partial charge is 0.378 e. The van der Waals surface area contributed by atoms with E-state index in [4.69, 9.17) is 9.73 Å². The quantitative estimate of drug-likeness (QED) is 0.930. The van der Waals surface area contributed by atoms with E-state index in [0.717, 1.165) is 44.5 Å². The minimum absolute atomic E-state index is 0.0526. The van der Waals surface area contributed by atoms with Crippen molar-refractivity contribution in [2.45, 2.75) is 39.3 Å². The molecule has 126 valence electrons. The minimum Gasteiger partial charge on any atom is -0.378 e. The molecular formula is C18H28N4O. The number of morpholine rings is 1. The summed E-state index contributed by atoms with van der Waals surface area (Å²) in [4.78, 5) is 9.69. The number of nitrogens with one attached hydrogen (secondary N) is 1. The van der Waals surface area contributed by atoms with Crippen molar-refractivity contribution in [2.75, 3.05) is 37.7 Å². The zero-order chi connectivity index (χ0) is 16.4. The Bertz CT molecular complexity index is 576. The molecule has 0 aliphatic carbocycles. The van der Waals surface area contributed by atoms with Crippen LogP contribution in [0.4, 0.5) is 11.4 Å². The third-order valence-corrected chi connectivity index (χ3v) is 4.37. The van der Waals surface area contributed by atoms with Crippen LogP contribution in [-0.2, 0) is 4.74 Å². The third kappa shape index (κ3) is 3.61. The van der Waals surface area contributed by atoms with Gasteiger partial charge in [0.05, 0.1) is 30.1 Å². The van der Waals surface area contributed by atoms with Gasteiger partial charge in [-0.15, -0.1) is 0 Å². The summed E-state index contributed by atoms with van der Waals surface area (Å²) in [5.41, 5.74) is 2.27. The molecule has 0 aromatic heterocycles. The van der Waals surface area contributed by atoms with Gasteiger partial charge < -0.3 is 19.9 Å². The normalized spacial score (nSPS) is 22.7. The SMILES string of the molecule is CC(C)N1CC(C)(C)N/C1=N/c1ccccc1N1CCOCC1. The van der Waals surface area contributed by atoms with E-state index in [1.807, 2.05) is 0 Å². The van der Waals surface area contributed by atoms with E-state index in [1.54, 1.807) is 0 Å². The van der Waals surface area contributed by atoms with E-state index in [0.29, 0.717) is 6.04 Å². The number of ether oxygens (including phenoxy) is 1. The summed E-state index contributed by atoms with van der Waals surface area (Å²) in [5.74, 6) is 0.978. The van der Waals surface area contributed by atoms with E-state index in [1.165, 1.54) is 5.69 Å². The number of para-hydroxylation sites is 2. The maximum atomic E-state index is 5.47. The predicted molar refractivity (Wildman–Crippen MR) is 95.6 cm³/mol. The molecule has 2 saturated heterocycles. The Kier molecular flexibility index (Phi) is 4.48. The van der Waals surface area contributed by atoms with Gasteiger partial charge in [-0.25, -0.2) is 4.99 Å². The molecule has 3 rings (SSSR count). The highest BCUT2D eigenvalue weighted by atomic mass is 16.5. The number of anilines is 1. The Labute approximate surface area is 139 Å². The van der Waals surface area contributed by atoms with Crippen LogP contribution in [-0.4, -0.2) is 55.3 Å². The molecule has 0 spiro atoms. The lowest BCUT2D eigenvalue weighted by Crippen LogP contribution is -2.37. The van der Waals surface area contributed by atoms with E-state index < -0.39 is 0 Å². The molecule has 5 heteroatoms. The van der Waals surface area contributed by atoms with Crippen LogP contribution >= 0.6 is 0 Å². The van der Waals surface area contributed by atoms with Gasteiger partial charge in [-0.3, -0.25) is 0 Å². The summed E-state index contributed by atoms with van der Waals surface area (Å²) >= 11 is 0. The molecule has 0 amide bonds. The average molecular weight is 316 g/mol. The fourth-order valence-corrected chi connectivity index (χ4v) is 3.18. The van der Waals surface area contributed by atoms with Crippen LogP contribution in [0.3, 0.4) is 0 Å². The molecule has 0 radical (unpaired) electrons.